The van der Waals surface area contributed by atoms with Crippen LogP contribution in [0.4, 0.5) is 17.6 Å². The minimum Gasteiger partial charge on any atom is -0.298 e. The predicted molar refractivity (Wildman–Crippen MR) is 58.9 cm³/mol. The molecule has 0 N–H and O–H groups in total. The Kier molecular flexibility index (Phi) is 3.32. The number of aldehydes is 1. The third kappa shape index (κ3) is 2.33. The quantitative estimate of drug-likeness (QED) is 0.627. The average Bonchev–Trinajstić information content (AvgIpc) is 2.72. The molecule has 3 nitrogen and oxygen atoms in total. The molecule has 0 amide bonds. The summed E-state index contributed by atoms with van der Waals surface area (Å²) in [5.74, 6) is -0.974. The third-order valence-electron chi connectivity index (χ3n) is 2.34. The number of benzene rings is 1. The summed E-state index contributed by atoms with van der Waals surface area (Å²) in [5.41, 5.74) is -2.61. The van der Waals surface area contributed by atoms with E-state index < -0.39 is 28.9 Å². The van der Waals surface area contributed by atoms with Gasteiger partial charge in [-0.25, -0.2) is 9.07 Å². The second-order valence-corrected chi connectivity index (χ2v) is 3.95. The number of hydrogen-bond acceptors (Lipinski definition) is 2. The van der Waals surface area contributed by atoms with Crippen LogP contribution in [0.15, 0.2) is 24.4 Å². The van der Waals surface area contributed by atoms with E-state index >= 15 is 0 Å². The SMILES string of the molecule is O=Cc1cnn(-c2c(F)cccc2Cl)c1C(F)(F)F. The fraction of sp³-hybridized carbons (Fsp3) is 0.0909. The normalized spacial score (nSPS) is 11.6. The Hall–Kier alpha value is -1.89. The molecule has 0 aliphatic heterocycles. The second-order valence-electron chi connectivity index (χ2n) is 3.55. The lowest BCUT2D eigenvalue weighted by Gasteiger charge is -2.12. The van der Waals surface area contributed by atoms with Gasteiger partial charge >= 0.3 is 6.18 Å². The van der Waals surface area contributed by atoms with Crippen LogP contribution >= 0.6 is 11.6 Å². The van der Waals surface area contributed by atoms with E-state index in [1.807, 2.05) is 0 Å². The Morgan fingerprint density at radius 2 is 2.00 bits per heavy atom. The van der Waals surface area contributed by atoms with Crippen molar-refractivity contribution in [2.45, 2.75) is 6.18 Å². The van der Waals surface area contributed by atoms with Crippen molar-refractivity contribution in [3.05, 3.63) is 46.5 Å². The molecule has 2 rings (SSSR count). The van der Waals surface area contributed by atoms with E-state index in [9.17, 15) is 22.4 Å². The number of carbonyl (C=O) groups excluding carboxylic acids is 1. The number of alkyl halides is 3. The molecular weight excluding hydrogens is 288 g/mol. The highest BCUT2D eigenvalue weighted by Crippen LogP contribution is 2.35. The van der Waals surface area contributed by atoms with E-state index in [1.54, 1.807) is 0 Å². The fourth-order valence-corrected chi connectivity index (χ4v) is 1.84. The van der Waals surface area contributed by atoms with Crippen LogP contribution in [0.2, 0.25) is 5.02 Å². The van der Waals surface area contributed by atoms with Crippen molar-refractivity contribution in [2.75, 3.05) is 0 Å². The Morgan fingerprint density at radius 3 is 2.53 bits per heavy atom. The van der Waals surface area contributed by atoms with E-state index in [1.165, 1.54) is 12.1 Å². The van der Waals surface area contributed by atoms with Crippen LogP contribution in [0.25, 0.3) is 5.69 Å². The molecule has 2 aromatic rings. The van der Waals surface area contributed by atoms with Gasteiger partial charge in [-0.1, -0.05) is 17.7 Å². The van der Waals surface area contributed by atoms with Gasteiger partial charge in [-0.05, 0) is 12.1 Å². The number of aromatic nitrogens is 2. The largest absolute Gasteiger partial charge is 0.434 e. The van der Waals surface area contributed by atoms with Crippen LogP contribution < -0.4 is 0 Å². The average molecular weight is 293 g/mol. The molecule has 1 aromatic carbocycles. The van der Waals surface area contributed by atoms with Crippen LogP contribution in [0.5, 0.6) is 0 Å². The maximum atomic E-state index is 13.6. The molecule has 1 heterocycles. The minimum atomic E-state index is -4.86. The molecule has 0 saturated heterocycles. The topological polar surface area (TPSA) is 34.9 Å². The van der Waals surface area contributed by atoms with E-state index in [0.29, 0.717) is 6.20 Å². The lowest BCUT2D eigenvalue weighted by molar-refractivity contribution is -0.143. The second kappa shape index (κ2) is 4.65. The first-order valence-corrected chi connectivity index (χ1v) is 5.29. The smallest absolute Gasteiger partial charge is 0.298 e. The van der Waals surface area contributed by atoms with E-state index in [0.717, 1.165) is 6.07 Å². The van der Waals surface area contributed by atoms with Crippen molar-refractivity contribution in [1.82, 2.24) is 9.78 Å². The Bertz CT molecular complexity index is 616. The third-order valence-corrected chi connectivity index (χ3v) is 2.65. The van der Waals surface area contributed by atoms with Crippen LogP contribution in [-0.4, -0.2) is 16.1 Å². The zero-order valence-corrected chi connectivity index (χ0v) is 9.84. The number of nitrogens with zero attached hydrogens (tertiary/aromatic N) is 2. The number of rotatable bonds is 2. The van der Waals surface area contributed by atoms with Gasteiger partial charge in [-0.3, -0.25) is 4.79 Å². The summed E-state index contributed by atoms with van der Waals surface area (Å²) in [5, 5.41) is 3.14. The Labute approximate surface area is 109 Å². The standard InChI is InChI=1S/C11H5ClF4N2O/c12-7-2-1-3-8(13)9(7)18-10(11(14,15)16)6(5-19)4-17-18/h1-5H. The number of para-hydroxylation sites is 1. The highest BCUT2D eigenvalue weighted by Gasteiger charge is 2.39. The van der Waals surface area contributed by atoms with Crippen molar-refractivity contribution in [1.29, 1.82) is 0 Å². The van der Waals surface area contributed by atoms with E-state index in [-0.39, 0.29) is 16.0 Å². The molecule has 0 radical (unpaired) electrons. The molecule has 0 fully saturated rings. The predicted octanol–water partition coefficient (Wildman–Crippen LogP) is 3.50. The van der Waals surface area contributed by atoms with Crippen molar-refractivity contribution >= 4 is 17.9 Å². The van der Waals surface area contributed by atoms with Crippen molar-refractivity contribution in [3.63, 3.8) is 0 Å². The summed E-state index contributed by atoms with van der Waals surface area (Å²) in [7, 11) is 0. The van der Waals surface area contributed by atoms with Crippen molar-refractivity contribution in [2.24, 2.45) is 0 Å². The van der Waals surface area contributed by atoms with Gasteiger partial charge in [0.1, 0.15) is 11.5 Å². The van der Waals surface area contributed by atoms with Gasteiger partial charge in [0.05, 0.1) is 16.8 Å². The van der Waals surface area contributed by atoms with Crippen molar-refractivity contribution < 1.29 is 22.4 Å². The lowest BCUT2D eigenvalue weighted by atomic mass is 10.2. The van der Waals surface area contributed by atoms with Crippen LogP contribution in [-0.2, 0) is 6.18 Å². The maximum absolute atomic E-state index is 13.6. The first-order chi connectivity index (χ1) is 8.86. The van der Waals surface area contributed by atoms with Gasteiger partial charge in [0, 0.05) is 0 Å². The molecule has 0 bridgehead atoms. The molecule has 1 aromatic heterocycles. The number of hydrogen-bond donors (Lipinski definition) is 0. The molecule has 0 unspecified atom stereocenters. The van der Waals surface area contributed by atoms with Crippen LogP contribution in [0.1, 0.15) is 16.1 Å². The summed E-state index contributed by atoms with van der Waals surface area (Å²) in [4.78, 5) is 10.6. The first-order valence-electron chi connectivity index (χ1n) is 4.91. The van der Waals surface area contributed by atoms with Crippen LogP contribution in [0, 0.1) is 5.82 Å². The number of halogens is 5. The Balaban J connectivity index is 2.77. The van der Waals surface area contributed by atoms with Gasteiger partial charge in [0.15, 0.2) is 12.0 Å². The molecule has 0 spiro atoms. The minimum absolute atomic E-state index is 0.00106. The summed E-state index contributed by atoms with van der Waals surface area (Å²) >= 11 is 5.68. The molecule has 0 atom stereocenters. The van der Waals surface area contributed by atoms with Gasteiger partial charge in [0.2, 0.25) is 0 Å². The van der Waals surface area contributed by atoms with E-state index in [2.05, 4.69) is 5.10 Å². The highest BCUT2D eigenvalue weighted by molar-refractivity contribution is 6.32. The number of carbonyl (C=O) groups is 1. The zero-order chi connectivity index (χ0) is 14.2. The highest BCUT2D eigenvalue weighted by atomic mass is 35.5. The summed E-state index contributed by atoms with van der Waals surface area (Å²) in [6.45, 7) is 0. The van der Waals surface area contributed by atoms with Gasteiger partial charge in [-0.2, -0.15) is 18.3 Å². The molecule has 0 saturated carbocycles. The molecule has 0 aliphatic rings. The molecule has 100 valence electrons. The molecule has 19 heavy (non-hydrogen) atoms. The molecule has 0 aliphatic carbocycles. The lowest BCUT2D eigenvalue weighted by Crippen LogP contribution is -2.16. The Morgan fingerprint density at radius 1 is 1.32 bits per heavy atom. The summed E-state index contributed by atoms with van der Waals surface area (Å²) < 4.78 is 52.6. The summed E-state index contributed by atoms with van der Waals surface area (Å²) in [6, 6.07) is 3.42. The van der Waals surface area contributed by atoms with Crippen LogP contribution in [0.3, 0.4) is 0 Å². The monoisotopic (exact) mass is 292 g/mol. The van der Waals surface area contributed by atoms with E-state index in [4.69, 9.17) is 11.6 Å². The van der Waals surface area contributed by atoms with Crippen molar-refractivity contribution in [3.8, 4) is 5.69 Å². The zero-order valence-electron chi connectivity index (χ0n) is 9.08. The fourth-order valence-electron chi connectivity index (χ4n) is 1.59. The van der Waals surface area contributed by atoms with Gasteiger partial charge in [-0.15, -0.1) is 0 Å². The van der Waals surface area contributed by atoms with Gasteiger partial charge < -0.3 is 0 Å². The van der Waals surface area contributed by atoms with Gasteiger partial charge in [0.25, 0.3) is 0 Å². The summed E-state index contributed by atoms with van der Waals surface area (Å²) in [6.07, 6.45) is -4.15. The maximum Gasteiger partial charge on any atom is 0.434 e. The molecular formula is C11H5ClF4N2O. The molecule has 8 heteroatoms. The first kappa shape index (κ1) is 13.5.